The van der Waals surface area contributed by atoms with Crippen LogP contribution in [0.15, 0.2) is 6.33 Å². The standard InChI is InChI=1S/C13H21N3O3S/c1-15-9-14-12-6-16(20(2,17)18)5-11(13(12)15)8-19-7-10-3-4-10/h9-11H,3-8H2,1-2H3/t11-/m1/s1. The van der Waals surface area contributed by atoms with Gasteiger partial charge in [-0.1, -0.05) is 0 Å². The summed E-state index contributed by atoms with van der Waals surface area (Å²) in [5.41, 5.74) is 1.96. The third-order valence-corrected chi connectivity index (χ3v) is 5.25. The Bertz CT molecular complexity index is 592. The zero-order valence-electron chi connectivity index (χ0n) is 11.9. The number of rotatable bonds is 5. The SMILES string of the molecule is Cn1cnc2c1[C@@H](COCC1CC1)CN(S(C)(=O)=O)C2. The Morgan fingerprint density at radius 2 is 2.15 bits per heavy atom. The molecule has 3 rings (SSSR count). The van der Waals surface area contributed by atoms with E-state index in [1.165, 1.54) is 23.4 Å². The third kappa shape index (κ3) is 2.89. The summed E-state index contributed by atoms with van der Waals surface area (Å²) in [6.07, 6.45) is 5.53. The highest BCUT2D eigenvalue weighted by molar-refractivity contribution is 7.88. The van der Waals surface area contributed by atoms with Gasteiger partial charge < -0.3 is 9.30 Å². The van der Waals surface area contributed by atoms with Crippen LogP contribution in [0, 0.1) is 5.92 Å². The number of nitrogens with zero attached hydrogens (tertiary/aromatic N) is 3. The zero-order valence-corrected chi connectivity index (χ0v) is 12.8. The van der Waals surface area contributed by atoms with Crippen LogP contribution in [0.5, 0.6) is 0 Å². The van der Waals surface area contributed by atoms with Crippen molar-refractivity contribution in [1.29, 1.82) is 0 Å². The molecule has 0 unspecified atom stereocenters. The molecular weight excluding hydrogens is 278 g/mol. The first-order valence-corrected chi connectivity index (χ1v) is 8.83. The fourth-order valence-corrected chi connectivity index (χ4v) is 3.55. The number of sulfonamides is 1. The van der Waals surface area contributed by atoms with Crippen molar-refractivity contribution in [1.82, 2.24) is 13.9 Å². The van der Waals surface area contributed by atoms with E-state index >= 15 is 0 Å². The van der Waals surface area contributed by atoms with E-state index in [9.17, 15) is 8.42 Å². The molecule has 0 aromatic carbocycles. The van der Waals surface area contributed by atoms with Crippen LogP contribution in [-0.2, 0) is 28.4 Å². The zero-order chi connectivity index (χ0) is 14.3. The van der Waals surface area contributed by atoms with Crippen LogP contribution >= 0.6 is 0 Å². The molecule has 1 aliphatic heterocycles. The molecule has 0 N–H and O–H groups in total. The fourth-order valence-electron chi connectivity index (χ4n) is 2.74. The van der Waals surface area contributed by atoms with E-state index in [-0.39, 0.29) is 5.92 Å². The number of aryl methyl sites for hydroxylation is 1. The van der Waals surface area contributed by atoms with Crippen molar-refractivity contribution in [3.63, 3.8) is 0 Å². The second kappa shape index (κ2) is 5.13. The third-order valence-electron chi connectivity index (χ3n) is 4.04. The van der Waals surface area contributed by atoms with E-state index in [4.69, 9.17) is 4.74 Å². The summed E-state index contributed by atoms with van der Waals surface area (Å²) < 4.78 is 32.8. The van der Waals surface area contributed by atoms with Gasteiger partial charge in [0.05, 0.1) is 31.4 Å². The van der Waals surface area contributed by atoms with Crippen molar-refractivity contribution < 1.29 is 13.2 Å². The van der Waals surface area contributed by atoms with Crippen molar-refractivity contribution in [2.45, 2.75) is 25.3 Å². The first kappa shape index (κ1) is 14.0. The quantitative estimate of drug-likeness (QED) is 0.803. The number of aromatic nitrogens is 2. The molecule has 1 aromatic rings. The molecule has 2 aliphatic rings. The van der Waals surface area contributed by atoms with E-state index in [2.05, 4.69) is 4.98 Å². The van der Waals surface area contributed by atoms with Gasteiger partial charge in [0.2, 0.25) is 10.0 Å². The maximum absolute atomic E-state index is 11.8. The van der Waals surface area contributed by atoms with Crippen molar-refractivity contribution in [2.75, 3.05) is 26.0 Å². The van der Waals surface area contributed by atoms with Crippen LogP contribution in [0.25, 0.3) is 0 Å². The number of fused-ring (bicyclic) bond motifs is 1. The molecule has 0 saturated heterocycles. The van der Waals surface area contributed by atoms with Gasteiger partial charge in [0, 0.05) is 31.8 Å². The Labute approximate surface area is 119 Å². The van der Waals surface area contributed by atoms with E-state index in [0.29, 0.717) is 19.7 Å². The van der Waals surface area contributed by atoms with E-state index in [1.807, 2.05) is 11.6 Å². The van der Waals surface area contributed by atoms with Crippen molar-refractivity contribution in [3.8, 4) is 0 Å². The van der Waals surface area contributed by atoms with Crippen LogP contribution < -0.4 is 0 Å². The van der Waals surface area contributed by atoms with Gasteiger partial charge in [-0.05, 0) is 18.8 Å². The number of hydrogen-bond donors (Lipinski definition) is 0. The van der Waals surface area contributed by atoms with Crippen molar-refractivity contribution in [2.24, 2.45) is 13.0 Å². The highest BCUT2D eigenvalue weighted by atomic mass is 32.2. The minimum absolute atomic E-state index is 0.0692. The van der Waals surface area contributed by atoms with E-state index < -0.39 is 10.0 Å². The average molecular weight is 299 g/mol. The predicted octanol–water partition coefficient (Wildman–Crippen LogP) is 0.706. The van der Waals surface area contributed by atoms with Crippen LogP contribution in [0.1, 0.15) is 30.1 Å². The minimum Gasteiger partial charge on any atom is -0.380 e. The molecule has 112 valence electrons. The highest BCUT2D eigenvalue weighted by Gasteiger charge is 2.33. The first-order chi connectivity index (χ1) is 9.45. The molecule has 1 aromatic heterocycles. The lowest BCUT2D eigenvalue weighted by molar-refractivity contribution is 0.0999. The molecule has 20 heavy (non-hydrogen) atoms. The smallest absolute Gasteiger partial charge is 0.211 e. The van der Waals surface area contributed by atoms with Gasteiger partial charge in [-0.15, -0.1) is 0 Å². The van der Waals surface area contributed by atoms with Gasteiger partial charge in [0.15, 0.2) is 0 Å². The predicted molar refractivity (Wildman–Crippen MR) is 74.7 cm³/mol. The Morgan fingerprint density at radius 3 is 2.80 bits per heavy atom. The van der Waals surface area contributed by atoms with Gasteiger partial charge >= 0.3 is 0 Å². The summed E-state index contributed by atoms with van der Waals surface area (Å²) in [4.78, 5) is 4.33. The summed E-state index contributed by atoms with van der Waals surface area (Å²) in [7, 11) is -1.24. The molecule has 7 heteroatoms. The molecule has 6 nitrogen and oxygen atoms in total. The normalized spacial score (nSPS) is 23.8. The number of hydrogen-bond acceptors (Lipinski definition) is 4. The van der Waals surface area contributed by atoms with Crippen molar-refractivity contribution in [3.05, 3.63) is 17.7 Å². The maximum Gasteiger partial charge on any atom is 0.211 e. The Morgan fingerprint density at radius 1 is 1.40 bits per heavy atom. The first-order valence-electron chi connectivity index (χ1n) is 6.98. The van der Waals surface area contributed by atoms with E-state index in [0.717, 1.165) is 23.9 Å². The Hall–Kier alpha value is -0.920. The molecule has 1 saturated carbocycles. The number of imidazole rings is 1. The molecule has 0 amide bonds. The molecule has 0 bridgehead atoms. The maximum atomic E-state index is 11.8. The molecule has 2 heterocycles. The second-order valence-electron chi connectivity index (χ2n) is 5.92. The molecule has 1 atom stereocenters. The minimum atomic E-state index is -3.19. The molecule has 0 spiro atoms. The fraction of sp³-hybridized carbons (Fsp3) is 0.769. The van der Waals surface area contributed by atoms with Gasteiger partial charge in [-0.25, -0.2) is 13.4 Å². The lowest BCUT2D eigenvalue weighted by Gasteiger charge is -2.31. The largest absolute Gasteiger partial charge is 0.380 e. The van der Waals surface area contributed by atoms with Crippen LogP contribution in [0.4, 0.5) is 0 Å². The molecular formula is C13H21N3O3S. The summed E-state index contributed by atoms with van der Waals surface area (Å²) in [6, 6.07) is 0. The van der Waals surface area contributed by atoms with Gasteiger partial charge in [-0.3, -0.25) is 0 Å². The highest BCUT2D eigenvalue weighted by Crippen LogP contribution is 2.31. The van der Waals surface area contributed by atoms with E-state index in [1.54, 1.807) is 6.33 Å². The summed E-state index contributed by atoms with van der Waals surface area (Å²) in [6.45, 7) is 2.21. The average Bonchev–Trinajstić information content (AvgIpc) is 3.11. The van der Waals surface area contributed by atoms with Gasteiger partial charge in [-0.2, -0.15) is 4.31 Å². The molecule has 1 aliphatic carbocycles. The molecule has 1 fully saturated rings. The second-order valence-corrected chi connectivity index (χ2v) is 7.90. The summed E-state index contributed by atoms with van der Waals surface area (Å²) >= 11 is 0. The summed E-state index contributed by atoms with van der Waals surface area (Å²) in [5, 5.41) is 0. The Balaban J connectivity index is 1.76. The lowest BCUT2D eigenvalue weighted by Crippen LogP contribution is -2.39. The topological polar surface area (TPSA) is 64.4 Å². The van der Waals surface area contributed by atoms with Crippen LogP contribution in [0.3, 0.4) is 0 Å². The molecule has 0 radical (unpaired) electrons. The lowest BCUT2D eigenvalue weighted by atomic mass is 10.0. The summed E-state index contributed by atoms with van der Waals surface area (Å²) in [5.74, 6) is 0.787. The Kier molecular flexibility index (Phi) is 3.60. The van der Waals surface area contributed by atoms with Crippen LogP contribution in [-0.4, -0.2) is 48.3 Å². The van der Waals surface area contributed by atoms with Gasteiger partial charge in [0.1, 0.15) is 0 Å². The van der Waals surface area contributed by atoms with Crippen LogP contribution in [0.2, 0.25) is 0 Å². The van der Waals surface area contributed by atoms with Crippen molar-refractivity contribution >= 4 is 10.0 Å². The number of ether oxygens (including phenoxy) is 1. The van der Waals surface area contributed by atoms with Gasteiger partial charge in [0.25, 0.3) is 0 Å². The monoisotopic (exact) mass is 299 g/mol.